The number of hydrogen-bond acceptors (Lipinski definition) is 5. The summed E-state index contributed by atoms with van der Waals surface area (Å²) in [6, 6.07) is 11.1. The van der Waals surface area contributed by atoms with Gasteiger partial charge in [-0.2, -0.15) is 0 Å². The zero-order valence-electron chi connectivity index (χ0n) is 16.4. The molecule has 7 heteroatoms. The Morgan fingerprint density at radius 1 is 1.04 bits per heavy atom. The number of halogens is 1. The van der Waals surface area contributed by atoms with E-state index in [0.717, 1.165) is 15.8 Å². The first kappa shape index (κ1) is 21.6. The van der Waals surface area contributed by atoms with Crippen molar-refractivity contribution in [1.82, 2.24) is 4.90 Å². The SMILES string of the molecule is COc1cc(/C=C/C(=O)N(C)CCOc2ccc(Br)cc2)cc(OC)c1OC. The van der Waals surface area contributed by atoms with E-state index in [-0.39, 0.29) is 5.91 Å². The van der Waals surface area contributed by atoms with Crippen LogP contribution in [-0.4, -0.2) is 52.3 Å². The number of likely N-dealkylation sites (N-methyl/N-ethyl adjacent to an activating group) is 1. The zero-order chi connectivity index (χ0) is 20.5. The highest BCUT2D eigenvalue weighted by molar-refractivity contribution is 9.10. The summed E-state index contributed by atoms with van der Waals surface area (Å²) >= 11 is 3.38. The minimum Gasteiger partial charge on any atom is -0.493 e. The number of hydrogen-bond donors (Lipinski definition) is 0. The van der Waals surface area contributed by atoms with E-state index in [1.165, 1.54) is 6.08 Å². The second-order valence-corrected chi connectivity index (χ2v) is 6.77. The molecule has 0 atom stereocenters. The van der Waals surface area contributed by atoms with Crippen LogP contribution in [0.4, 0.5) is 0 Å². The van der Waals surface area contributed by atoms with Gasteiger partial charge in [-0.05, 0) is 48.0 Å². The number of rotatable bonds is 9. The van der Waals surface area contributed by atoms with E-state index in [1.807, 2.05) is 24.3 Å². The van der Waals surface area contributed by atoms with E-state index in [0.29, 0.717) is 30.4 Å². The lowest BCUT2D eigenvalue weighted by atomic mass is 10.1. The molecular weight excluding hydrogens is 426 g/mol. The Morgan fingerprint density at radius 3 is 2.18 bits per heavy atom. The molecule has 0 N–H and O–H groups in total. The predicted octanol–water partition coefficient (Wildman–Crippen LogP) is 4.03. The first-order chi connectivity index (χ1) is 13.5. The third-order valence-electron chi connectivity index (χ3n) is 3.99. The van der Waals surface area contributed by atoms with Crippen LogP contribution in [0.2, 0.25) is 0 Å². The van der Waals surface area contributed by atoms with E-state index < -0.39 is 0 Å². The Labute approximate surface area is 173 Å². The predicted molar refractivity (Wildman–Crippen MR) is 112 cm³/mol. The minimum atomic E-state index is -0.131. The van der Waals surface area contributed by atoms with Crippen LogP contribution in [0.5, 0.6) is 23.0 Å². The standard InChI is InChI=1S/C21H24BrNO5/c1-23(11-12-28-17-8-6-16(22)7-9-17)20(24)10-5-15-13-18(25-2)21(27-4)19(14-15)26-3/h5-10,13-14H,11-12H2,1-4H3/b10-5+. The molecule has 0 bridgehead atoms. The van der Waals surface area contributed by atoms with Gasteiger partial charge in [0.05, 0.1) is 27.9 Å². The molecule has 2 aromatic carbocycles. The number of benzene rings is 2. The lowest BCUT2D eigenvalue weighted by molar-refractivity contribution is -0.125. The van der Waals surface area contributed by atoms with E-state index in [2.05, 4.69) is 15.9 Å². The van der Waals surface area contributed by atoms with Crippen molar-refractivity contribution < 1.29 is 23.7 Å². The molecule has 0 radical (unpaired) electrons. The summed E-state index contributed by atoms with van der Waals surface area (Å²) < 4.78 is 22.6. The normalized spacial score (nSPS) is 10.6. The third-order valence-corrected chi connectivity index (χ3v) is 4.52. The maximum Gasteiger partial charge on any atom is 0.246 e. The van der Waals surface area contributed by atoms with Crippen LogP contribution in [-0.2, 0) is 4.79 Å². The Bertz CT molecular complexity index is 795. The van der Waals surface area contributed by atoms with Crippen molar-refractivity contribution in [2.75, 3.05) is 41.5 Å². The molecule has 0 aliphatic rings. The average molecular weight is 450 g/mol. The van der Waals surface area contributed by atoms with Crippen LogP contribution >= 0.6 is 15.9 Å². The number of carbonyl (C=O) groups excluding carboxylic acids is 1. The number of ether oxygens (including phenoxy) is 4. The molecule has 0 aliphatic heterocycles. The number of methoxy groups -OCH3 is 3. The first-order valence-corrected chi connectivity index (χ1v) is 9.39. The van der Waals surface area contributed by atoms with E-state index in [4.69, 9.17) is 18.9 Å². The highest BCUT2D eigenvalue weighted by Gasteiger charge is 2.12. The van der Waals surface area contributed by atoms with Crippen LogP contribution in [0.15, 0.2) is 46.9 Å². The maximum absolute atomic E-state index is 12.3. The summed E-state index contributed by atoms with van der Waals surface area (Å²) in [6.45, 7) is 0.871. The fourth-order valence-corrected chi connectivity index (χ4v) is 2.70. The van der Waals surface area contributed by atoms with Crippen molar-refractivity contribution in [1.29, 1.82) is 0 Å². The van der Waals surface area contributed by atoms with Gasteiger partial charge in [0.2, 0.25) is 11.7 Å². The quantitative estimate of drug-likeness (QED) is 0.541. The van der Waals surface area contributed by atoms with E-state index >= 15 is 0 Å². The molecule has 2 rings (SSSR count). The summed E-state index contributed by atoms with van der Waals surface area (Å²) in [6.07, 6.45) is 3.21. The molecule has 0 heterocycles. The van der Waals surface area contributed by atoms with E-state index in [1.54, 1.807) is 51.5 Å². The van der Waals surface area contributed by atoms with Crippen LogP contribution in [0.1, 0.15) is 5.56 Å². The smallest absolute Gasteiger partial charge is 0.246 e. The summed E-state index contributed by atoms with van der Waals surface area (Å²) in [4.78, 5) is 13.9. The lowest BCUT2D eigenvalue weighted by Crippen LogP contribution is -2.29. The summed E-state index contributed by atoms with van der Waals surface area (Å²) in [7, 11) is 6.38. The van der Waals surface area contributed by atoms with Gasteiger partial charge >= 0.3 is 0 Å². The van der Waals surface area contributed by atoms with Gasteiger partial charge in [0.1, 0.15) is 12.4 Å². The van der Waals surface area contributed by atoms with Gasteiger partial charge < -0.3 is 23.8 Å². The topological polar surface area (TPSA) is 57.2 Å². The molecule has 0 aromatic heterocycles. The Hall–Kier alpha value is -2.67. The van der Waals surface area contributed by atoms with Gasteiger partial charge in [0.25, 0.3) is 0 Å². The van der Waals surface area contributed by atoms with Crippen molar-refractivity contribution in [2.45, 2.75) is 0 Å². The highest BCUT2D eigenvalue weighted by atomic mass is 79.9. The molecule has 0 unspecified atom stereocenters. The number of nitrogens with zero attached hydrogens (tertiary/aromatic N) is 1. The second-order valence-electron chi connectivity index (χ2n) is 5.85. The molecule has 1 amide bonds. The van der Waals surface area contributed by atoms with E-state index in [9.17, 15) is 4.79 Å². The van der Waals surface area contributed by atoms with Gasteiger partial charge in [-0.25, -0.2) is 0 Å². The van der Waals surface area contributed by atoms with Crippen molar-refractivity contribution in [3.8, 4) is 23.0 Å². The van der Waals surface area contributed by atoms with Crippen LogP contribution in [0.25, 0.3) is 6.08 Å². The molecular formula is C21H24BrNO5. The summed E-state index contributed by atoms with van der Waals surface area (Å²) in [5.74, 6) is 2.20. The molecule has 6 nitrogen and oxygen atoms in total. The molecule has 2 aromatic rings. The largest absolute Gasteiger partial charge is 0.493 e. The summed E-state index contributed by atoms with van der Waals surface area (Å²) in [5, 5.41) is 0. The number of amides is 1. The minimum absolute atomic E-state index is 0.131. The Morgan fingerprint density at radius 2 is 1.64 bits per heavy atom. The maximum atomic E-state index is 12.3. The van der Waals surface area contributed by atoms with Crippen molar-refractivity contribution in [3.63, 3.8) is 0 Å². The van der Waals surface area contributed by atoms with Gasteiger partial charge in [-0.3, -0.25) is 4.79 Å². The molecule has 0 aliphatic carbocycles. The molecule has 28 heavy (non-hydrogen) atoms. The molecule has 0 spiro atoms. The fourth-order valence-electron chi connectivity index (χ4n) is 2.43. The van der Waals surface area contributed by atoms with Crippen molar-refractivity contribution >= 4 is 27.9 Å². The fraction of sp³-hybridized carbons (Fsp3) is 0.286. The van der Waals surface area contributed by atoms with Crippen molar-refractivity contribution in [3.05, 3.63) is 52.5 Å². The Kier molecular flexibility index (Phi) is 8.19. The van der Waals surface area contributed by atoms with Gasteiger partial charge in [0.15, 0.2) is 11.5 Å². The van der Waals surface area contributed by atoms with Crippen LogP contribution < -0.4 is 18.9 Å². The molecule has 0 saturated heterocycles. The summed E-state index contributed by atoms with van der Waals surface area (Å²) in [5.41, 5.74) is 0.766. The van der Waals surface area contributed by atoms with Crippen molar-refractivity contribution in [2.24, 2.45) is 0 Å². The third kappa shape index (κ3) is 5.92. The molecule has 0 fully saturated rings. The van der Waals surface area contributed by atoms with Crippen LogP contribution in [0, 0.1) is 0 Å². The van der Waals surface area contributed by atoms with Gasteiger partial charge in [-0.1, -0.05) is 15.9 Å². The molecule has 0 saturated carbocycles. The first-order valence-electron chi connectivity index (χ1n) is 8.60. The lowest BCUT2D eigenvalue weighted by Gasteiger charge is -2.16. The molecule has 150 valence electrons. The van der Waals surface area contributed by atoms with Gasteiger partial charge in [0, 0.05) is 17.6 Å². The highest BCUT2D eigenvalue weighted by Crippen LogP contribution is 2.38. The Balaban J connectivity index is 1.95. The second kappa shape index (κ2) is 10.6. The number of carbonyl (C=O) groups is 1. The van der Waals surface area contributed by atoms with Gasteiger partial charge in [-0.15, -0.1) is 0 Å². The average Bonchev–Trinajstić information content (AvgIpc) is 2.72. The zero-order valence-corrected chi connectivity index (χ0v) is 18.0. The monoisotopic (exact) mass is 449 g/mol. The van der Waals surface area contributed by atoms with Crippen LogP contribution in [0.3, 0.4) is 0 Å².